The van der Waals surface area contributed by atoms with Crippen molar-refractivity contribution in [1.29, 1.82) is 0 Å². The van der Waals surface area contributed by atoms with Gasteiger partial charge in [0.1, 0.15) is 0 Å². The number of nitrogens with zero attached hydrogens (tertiary/aromatic N) is 2. The van der Waals surface area contributed by atoms with Crippen molar-refractivity contribution in [3.63, 3.8) is 0 Å². The lowest BCUT2D eigenvalue weighted by atomic mass is 10.1. The summed E-state index contributed by atoms with van der Waals surface area (Å²) >= 11 is 2.95. The fourth-order valence-electron chi connectivity index (χ4n) is 1.51. The number of hydrogen-bond acceptors (Lipinski definition) is 5. The summed E-state index contributed by atoms with van der Waals surface area (Å²) in [5.74, 6) is 0.732. The lowest BCUT2D eigenvalue weighted by Crippen LogP contribution is -2.44. The van der Waals surface area contributed by atoms with Crippen LogP contribution >= 0.6 is 23.1 Å². The van der Waals surface area contributed by atoms with E-state index in [0.29, 0.717) is 5.16 Å². The zero-order valence-electron chi connectivity index (χ0n) is 11.9. The molecule has 2 heterocycles. The van der Waals surface area contributed by atoms with Crippen molar-refractivity contribution in [3.8, 4) is 10.7 Å². The maximum atomic E-state index is 12.0. The van der Waals surface area contributed by atoms with Crippen LogP contribution in [0.2, 0.25) is 0 Å². The summed E-state index contributed by atoms with van der Waals surface area (Å²) in [5.41, 5.74) is -0.229. The second-order valence-electron chi connectivity index (χ2n) is 5.44. The minimum Gasteiger partial charge on any atom is -0.351 e. The first-order valence-corrected chi connectivity index (χ1v) is 8.06. The molecule has 7 heteroatoms. The van der Waals surface area contributed by atoms with Crippen LogP contribution in [0.1, 0.15) is 27.7 Å². The number of thiophene rings is 1. The van der Waals surface area contributed by atoms with Crippen LogP contribution in [-0.4, -0.2) is 31.9 Å². The van der Waals surface area contributed by atoms with Gasteiger partial charge in [0.25, 0.3) is 0 Å². The SMILES string of the molecule is CC(Sc1n[nH]c(-c2cccs2)n1)C(=O)NC(C)(C)C. The van der Waals surface area contributed by atoms with E-state index in [4.69, 9.17) is 0 Å². The number of H-pyrrole nitrogens is 1. The Morgan fingerprint density at radius 3 is 2.85 bits per heavy atom. The number of nitrogens with one attached hydrogen (secondary N) is 2. The Hall–Kier alpha value is -1.34. The van der Waals surface area contributed by atoms with Gasteiger partial charge in [0.05, 0.1) is 10.1 Å². The highest BCUT2D eigenvalue weighted by molar-refractivity contribution is 8.00. The van der Waals surface area contributed by atoms with E-state index in [0.717, 1.165) is 10.7 Å². The van der Waals surface area contributed by atoms with Crippen LogP contribution in [0.25, 0.3) is 10.7 Å². The largest absolute Gasteiger partial charge is 0.351 e. The number of aromatic amines is 1. The van der Waals surface area contributed by atoms with Crippen LogP contribution in [0.15, 0.2) is 22.7 Å². The number of carbonyl (C=O) groups excluding carboxylic acids is 1. The van der Waals surface area contributed by atoms with E-state index in [1.807, 2.05) is 45.2 Å². The highest BCUT2D eigenvalue weighted by Gasteiger charge is 2.21. The van der Waals surface area contributed by atoms with Crippen LogP contribution in [-0.2, 0) is 4.79 Å². The maximum Gasteiger partial charge on any atom is 0.233 e. The molecule has 0 saturated carbocycles. The zero-order valence-corrected chi connectivity index (χ0v) is 13.6. The first-order chi connectivity index (χ1) is 9.35. The molecule has 0 aromatic carbocycles. The fourth-order valence-corrected chi connectivity index (χ4v) is 2.89. The summed E-state index contributed by atoms with van der Waals surface area (Å²) in [6.45, 7) is 7.74. The summed E-state index contributed by atoms with van der Waals surface area (Å²) in [6, 6.07) is 3.95. The monoisotopic (exact) mass is 310 g/mol. The second kappa shape index (κ2) is 5.97. The molecule has 1 unspecified atom stereocenters. The van der Waals surface area contributed by atoms with Gasteiger partial charge in [0, 0.05) is 5.54 Å². The van der Waals surface area contributed by atoms with Crippen LogP contribution < -0.4 is 5.32 Å². The summed E-state index contributed by atoms with van der Waals surface area (Å²) < 4.78 is 0. The first kappa shape index (κ1) is 15.1. The molecule has 2 N–H and O–H groups in total. The van der Waals surface area contributed by atoms with E-state index >= 15 is 0 Å². The number of rotatable bonds is 4. The number of hydrogen-bond donors (Lipinski definition) is 2. The van der Waals surface area contributed by atoms with Gasteiger partial charge in [0.15, 0.2) is 5.82 Å². The van der Waals surface area contributed by atoms with Gasteiger partial charge in [0.2, 0.25) is 11.1 Å². The average Bonchev–Trinajstić information content (AvgIpc) is 2.95. The average molecular weight is 310 g/mol. The predicted octanol–water partition coefficient (Wildman–Crippen LogP) is 2.93. The van der Waals surface area contributed by atoms with Gasteiger partial charge < -0.3 is 5.32 Å². The lowest BCUT2D eigenvalue weighted by Gasteiger charge is -2.22. The summed E-state index contributed by atoms with van der Waals surface area (Å²) in [7, 11) is 0. The molecule has 0 radical (unpaired) electrons. The predicted molar refractivity (Wildman–Crippen MR) is 82.9 cm³/mol. The molecule has 0 fully saturated rings. The highest BCUT2D eigenvalue weighted by Crippen LogP contribution is 2.25. The van der Waals surface area contributed by atoms with Gasteiger partial charge in [-0.1, -0.05) is 17.8 Å². The minimum absolute atomic E-state index is 0.00928. The number of carbonyl (C=O) groups is 1. The van der Waals surface area contributed by atoms with Crippen LogP contribution in [0.3, 0.4) is 0 Å². The van der Waals surface area contributed by atoms with E-state index in [-0.39, 0.29) is 16.7 Å². The topological polar surface area (TPSA) is 70.7 Å². The quantitative estimate of drug-likeness (QED) is 0.852. The molecule has 0 spiro atoms. The van der Waals surface area contributed by atoms with Crippen LogP contribution in [0.4, 0.5) is 0 Å². The normalized spacial score (nSPS) is 13.2. The third-order valence-corrected chi connectivity index (χ3v) is 4.21. The Morgan fingerprint density at radius 2 is 2.25 bits per heavy atom. The fraction of sp³-hybridized carbons (Fsp3) is 0.462. The van der Waals surface area contributed by atoms with E-state index < -0.39 is 0 Å². The Morgan fingerprint density at radius 1 is 1.50 bits per heavy atom. The van der Waals surface area contributed by atoms with E-state index in [9.17, 15) is 4.79 Å². The van der Waals surface area contributed by atoms with Crippen molar-refractivity contribution >= 4 is 29.0 Å². The summed E-state index contributed by atoms with van der Waals surface area (Å²) in [5, 5.41) is 12.3. The van der Waals surface area contributed by atoms with Crippen molar-refractivity contribution in [3.05, 3.63) is 17.5 Å². The third kappa shape index (κ3) is 4.08. The standard InChI is InChI=1S/C13H18N4OS2/c1-8(11(18)15-13(2,3)4)20-12-14-10(16-17-12)9-6-5-7-19-9/h5-8H,1-4H3,(H,15,18)(H,14,16,17). The smallest absolute Gasteiger partial charge is 0.233 e. The van der Waals surface area contributed by atoms with Crippen molar-refractivity contribution in [1.82, 2.24) is 20.5 Å². The molecule has 0 aliphatic carbocycles. The van der Waals surface area contributed by atoms with Gasteiger partial charge >= 0.3 is 0 Å². The molecular formula is C13H18N4OS2. The molecule has 1 amide bonds. The van der Waals surface area contributed by atoms with Crippen molar-refractivity contribution in [2.75, 3.05) is 0 Å². The van der Waals surface area contributed by atoms with E-state index in [1.165, 1.54) is 11.8 Å². The Kier molecular flexibility index (Phi) is 4.49. The lowest BCUT2D eigenvalue weighted by molar-refractivity contribution is -0.121. The van der Waals surface area contributed by atoms with Crippen LogP contribution in [0, 0.1) is 0 Å². The van der Waals surface area contributed by atoms with Crippen molar-refractivity contribution in [2.24, 2.45) is 0 Å². The molecule has 20 heavy (non-hydrogen) atoms. The minimum atomic E-state index is -0.235. The Balaban J connectivity index is 1.98. The summed E-state index contributed by atoms with van der Waals surface area (Å²) in [6.07, 6.45) is 0. The Labute approximate surface area is 126 Å². The molecule has 5 nitrogen and oxygen atoms in total. The molecule has 2 aromatic heterocycles. The van der Waals surface area contributed by atoms with Gasteiger partial charge in [-0.3, -0.25) is 9.89 Å². The Bertz CT molecular complexity index is 571. The van der Waals surface area contributed by atoms with E-state index in [1.54, 1.807) is 11.3 Å². The molecule has 0 aliphatic heterocycles. The number of aromatic nitrogens is 3. The molecular weight excluding hydrogens is 292 g/mol. The second-order valence-corrected chi connectivity index (χ2v) is 7.70. The molecule has 2 aromatic rings. The van der Waals surface area contributed by atoms with Crippen molar-refractivity contribution < 1.29 is 4.79 Å². The molecule has 108 valence electrons. The zero-order chi connectivity index (χ0) is 14.8. The molecule has 0 bridgehead atoms. The van der Waals surface area contributed by atoms with Gasteiger partial charge in [-0.15, -0.1) is 16.4 Å². The summed E-state index contributed by atoms with van der Waals surface area (Å²) in [4.78, 5) is 17.4. The van der Waals surface area contributed by atoms with Gasteiger partial charge in [-0.25, -0.2) is 4.98 Å². The van der Waals surface area contributed by atoms with Crippen molar-refractivity contribution in [2.45, 2.75) is 43.6 Å². The number of amides is 1. The maximum absolute atomic E-state index is 12.0. The highest BCUT2D eigenvalue weighted by atomic mass is 32.2. The third-order valence-electron chi connectivity index (χ3n) is 2.37. The van der Waals surface area contributed by atoms with E-state index in [2.05, 4.69) is 20.5 Å². The molecule has 0 saturated heterocycles. The van der Waals surface area contributed by atoms with Gasteiger partial charge in [-0.05, 0) is 39.1 Å². The molecule has 2 rings (SSSR count). The van der Waals surface area contributed by atoms with Gasteiger partial charge in [-0.2, -0.15) is 0 Å². The molecule has 1 atom stereocenters. The molecule has 0 aliphatic rings. The van der Waals surface area contributed by atoms with Crippen LogP contribution in [0.5, 0.6) is 0 Å². The first-order valence-electron chi connectivity index (χ1n) is 6.30. The number of thioether (sulfide) groups is 1.